The van der Waals surface area contributed by atoms with Gasteiger partial charge in [0.05, 0.1) is 12.6 Å². The van der Waals surface area contributed by atoms with Crippen LogP contribution in [0.3, 0.4) is 0 Å². The summed E-state index contributed by atoms with van der Waals surface area (Å²) in [6.45, 7) is 12.9. The Morgan fingerprint density at radius 1 is 0.912 bits per heavy atom. The third-order valence-electron chi connectivity index (χ3n) is 6.48. The van der Waals surface area contributed by atoms with Crippen LogP contribution in [-0.2, 0) is 13.9 Å². The van der Waals surface area contributed by atoms with Crippen molar-refractivity contribution in [2.75, 3.05) is 13.7 Å². The molecule has 0 spiro atoms. The molecule has 0 saturated carbocycles. The molecule has 34 heavy (non-hydrogen) atoms. The lowest BCUT2D eigenvalue weighted by Crippen LogP contribution is -2.68. The number of likely N-dealkylation sites (tertiary alicyclic amines) is 1. The van der Waals surface area contributed by atoms with Crippen LogP contribution in [0.5, 0.6) is 0 Å². The maximum atomic E-state index is 13.2. The monoisotopic (exact) mass is 483 g/mol. The summed E-state index contributed by atoms with van der Waals surface area (Å²) in [5.41, 5.74) is -0.573. The van der Waals surface area contributed by atoms with Crippen molar-refractivity contribution in [2.45, 2.75) is 83.7 Å². The molecule has 0 N–H and O–H groups in total. The summed E-state index contributed by atoms with van der Waals surface area (Å²) in [5.74, 6) is 0. The highest BCUT2D eigenvalue weighted by Crippen LogP contribution is 2.37. The molecule has 1 fully saturated rings. The molecule has 6 heteroatoms. The molecule has 2 atom stereocenters. The van der Waals surface area contributed by atoms with Crippen molar-refractivity contribution in [3.05, 3.63) is 60.7 Å². The summed E-state index contributed by atoms with van der Waals surface area (Å²) in [5, 5.41) is 2.34. The normalized spacial score (nSPS) is 19.7. The van der Waals surface area contributed by atoms with Crippen molar-refractivity contribution in [2.24, 2.45) is 0 Å². The number of carbonyl (C=O) groups is 1. The Kier molecular flexibility index (Phi) is 8.27. The lowest BCUT2D eigenvalue weighted by Gasteiger charge is -2.46. The zero-order valence-corrected chi connectivity index (χ0v) is 22.8. The number of amides is 1. The smallest absolute Gasteiger partial charge is 0.412 e. The molecule has 186 valence electrons. The number of nitrogens with zero attached hydrogens (tertiary/aromatic N) is 1. The number of rotatable bonds is 6. The van der Waals surface area contributed by atoms with Crippen molar-refractivity contribution in [3.63, 3.8) is 0 Å². The first-order valence-corrected chi connectivity index (χ1v) is 14.2. The molecule has 2 unspecified atom stereocenters. The SMILES string of the molecule is COC1CCCC(CO[Si](c2ccccc2)(c2ccccc2)C(C)(C)C)N1C(=O)OC(C)(C)C. The van der Waals surface area contributed by atoms with Crippen molar-refractivity contribution in [1.82, 2.24) is 4.90 Å². The van der Waals surface area contributed by atoms with Crippen LogP contribution in [0.15, 0.2) is 60.7 Å². The van der Waals surface area contributed by atoms with Gasteiger partial charge in [-0.05, 0) is 55.4 Å². The largest absolute Gasteiger partial charge is 0.444 e. The van der Waals surface area contributed by atoms with Crippen molar-refractivity contribution < 1.29 is 18.7 Å². The van der Waals surface area contributed by atoms with Crippen LogP contribution in [-0.4, -0.2) is 50.9 Å². The van der Waals surface area contributed by atoms with E-state index < -0.39 is 13.9 Å². The first-order chi connectivity index (χ1) is 16.0. The van der Waals surface area contributed by atoms with Crippen molar-refractivity contribution >= 4 is 24.8 Å². The number of benzene rings is 2. The van der Waals surface area contributed by atoms with E-state index in [0.717, 1.165) is 19.3 Å². The second-order valence-electron chi connectivity index (χ2n) is 11.1. The molecule has 0 bridgehead atoms. The summed E-state index contributed by atoms with van der Waals surface area (Å²) in [6, 6.07) is 21.1. The highest BCUT2D eigenvalue weighted by molar-refractivity contribution is 6.99. The van der Waals surface area contributed by atoms with Crippen LogP contribution >= 0.6 is 0 Å². The van der Waals surface area contributed by atoms with Gasteiger partial charge < -0.3 is 13.9 Å². The van der Waals surface area contributed by atoms with E-state index in [4.69, 9.17) is 13.9 Å². The standard InChI is InChI=1S/C28H41NO4Si/c1-27(2,3)33-26(30)29-22(15-14-20-25(29)31-7)21-32-34(28(4,5)6,23-16-10-8-11-17-23)24-18-12-9-13-19-24/h8-13,16-19,22,25H,14-15,20-21H2,1-7H3. The Hall–Kier alpha value is -2.15. The molecule has 1 saturated heterocycles. The van der Waals surface area contributed by atoms with Gasteiger partial charge in [-0.1, -0.05) is 81.4 Å². The van der Waals surface area contributed by atoms with Crippen LogP contribution in [0.1, 0.15) is 60.8 Å². The quantitative estimate of drug-likeness (QED) is 0.522. The molecule has 2 aromatic carbocycles. The number of ether oxygens (including phenoxy) is 2. The third kappa shape index (κ3) is 5.73. The van der Waals surface area contributed by atoms with Gasteiger partial charge in [0.1, 0.15) is 11.8 Å². The first kappa shape index (κ1) is 26.5. The molecule has 1 amide bonds. The van der Waals surface area contributed by atoms with Crippen molar-refractivity contribution in [1.29, 1.82) is 0 Å². The summed E-state index contributed by atoms with van der Waals surface area (Å²) in [6.07, 6.45) is 1.99. The molecule has 5 nitrogen and oxygen atoms in total. The molecular weight excluding hydrogens is 442 g/mol. The first-order valence-electron chi connectivity index (χ1n) is 12.3. The second kappa shape index (κ2) is 10.6. The average molecular weight is 484 g/mol. The molecule has 3 rings (SSSR count). The Morgan fingerprint density at radius 2 is 1.44 bits per heavy atom. The Morgan fingerprint density at radius 3 is 1.88 bits per heavy atom. The zero-order valence-electron chi connectivity index (χ0n) is 21.8. The summed E-state index contributed by atoms with van der Waals surface area (Å²) in [7, 11) is -1.04. The van der Waals surface area contributed by atoms with E-state index in [1.165, 1.54) is 10.4 Å². The Bertz CT molecular complexity index is 881. The Labute approximate surface area is 206 Å². The lowest BCUT2D eigenvalue weighted by molar-refractivity contribution is -0.0923. The average Bonchev–Trinajstić information content (AvgIpc) is 2.78. The molecule has 1 aliphatic rings. The molecule has 0 radical (unpaired) electrons. The fourth-order valence-corrected chi connectivity index (χ4v) is 9.60. The topological polar surface area (TPSA) is 48.0 Å². The van der Waals surface area contributed by atoms with E-state index >= 15 is 0 Å². The van der Waals surface area contributed by atoms with Crippen LogP contribution in [0.4, 0.5) is 4.79 Å². The van der Waals surface area contributed by atoms with Gasteiger partial charge in [0, 0.05) is 7.11 Å². The summed E-state index contributed by atoms with van der Waals surface area (Å²) < 4.78 is 18.6. The number of piperidine rings is 1. The van der Waals surface area contributed by atoms with E-state index in [1.54, 1.807) is 12.0 Å². The zero-order chi connectivity index (χ0) is 25.0. The van der Waals surface area contributed by atoms with E-state index in [1.807, 2.05) is 32.9 Å². The van der Waals surface area contributed by atoms with Gasteiger partial charge in [0.15, 0.2) is 0 Å². The molecule has 1 aliphatic heterocycles. The third-order valence-corrected chi connectivity index (χ3v) is 11.5. The maximum absolute atomic E-state index is 13.2. The predicted molar refractivity (Wildman–Crippen MR) is 140 cm³/mol. The summed E-state index contributed by atoms with van der Waals surface area (Å²) >= 11 is 0. The molecule has 0 aromatic heterocycles. The van der Waals surface area contributed by atoms with E-state index in [2.05, 4.69) is 69.3 Å². The van der Waals surface area contributed by atoms with Gasteiger partial charge in [0.25, 0.3) is 8.32 Å². The number of hydrogen-bond donors (Lipinski definition) is 0. The van der Waals surface area contributed by atoms with Crippen LogP contribution in [0.25, 0.3) is 0 Å². The van der Waals surface area contributed by atoms with Crippen LogP contribution < -0.4 is 10.4 Å². The van der Waals surface area contributed by atoms with Gasteiger partial charge in [-0.15, -0.1) is 0 Å². The Balaban J connectivity index is 2.00. The fourth-order valence-electron chi connectivity index (χ4n) is 5.00. The minimum atomic E-state index is -2.70. The summed E-state index contributed by atoms with van der Waals surface area (Å²) in [4.78, 5) is 15.0. The van der Waals surface area contributed by atoms with Crippen LogP contribution in [0.2, 0.25) is 5.04 Å². The maximum Gasteiger partial charge on any atom is 0.412 e. The minimum absolute atomic E-state index is 0.116. The van der Waals surface area contributed by atoms with Gasteiger partial charge in [-0.3, -0.25) is 4.90 Å². The number of hydrogen-bond acceptors (Lipinski definition) is 4. The molecular formula is C28H41NO4Si. The molecule has 1 heterocycles. The fraction of sp³-hybridized carbons (Fsp3) is 0.536. The van der Waals surface area contributed by atoms with E-state index in [9.17, 15) is 4.79 Å². The van der Waals surface area contributed by atoms with E-state index in [0.29, 0.717) is 6.61 Å². The van der Waals surface area contributed by atoms with Gasteiger partial charge >= 0.3 is 6.09 Å². The minimum Gasteiger partial charge on any atom is -0.444 e. The van der Waals surface area contributed by atoms with Gasteiger partial charge in [-0.25, -0.2) is 4.79 Å². The number of carbonyl (C=O) groups excluding carboxylic acids is 1. The van der Waals surface area contributed by atoms with Crippen LogP contribution in [0, 0.1) is 0 Å². The van der Waals surface area contributed by atoms with Gasteiger partial charge in [-0.2, -0.15) is 0 Å². The highest BCUT2D eigenvalue weighted by Gasteiger charge is 2.51. The number of methoxy groups -OCH3 is 1. The van der Waals surface area contributed by atoms with E-state index in [-0.39, 0.29) is 23.4 Å². The highest BCUT2D eigenvalue weighted by atomic mass is 28.4. The molecule has 2 aromatic rings. The van der Waals surface area contributed by atoms with Crippen molar-refractivity contribution in [3.8, 4) is 0 Å². The van der Waals surface area contributed by atoms with Gasteiger partial charge in [0.2, 0.25) is 0 Å². The predicted octanol–water partition coefficient (Wildman–Crippen LogP) is 5.33. The molecule has 0 aliphatic carbocycles. The second-order valence-corrected chi connectivity index (χ2v) is 15.4. The lowest BCUT2D eigenvalue weighted by atomic mass is 10.0.